The average molecular weight is 464 g/mol. The van der Waals surface area contributed by atoms with Crippen LogP contribution in [0.2, 0.25) is 0 Å². The molecule has 33 heavy (non-hydrogen) atoms. The third-order valence-corrected chi connectivity index (χ3v) is 7.48. The zero-order valence-electron chi connectivity index (χ0n) is 18.7. The Morgan fingerprint density at radius 1 is 1.00 bits per heavy atom. The van der Waals surface area contributed by atoms with E-state index in [0.717, 1.165) is 23.1 Å². The van der Waals surface area contributed by atoms with Gasteiger partial charge in [-0.2, -0.15) is 0 Å². The summed E-state index contributed by atoms with van der Waals surface area (Å²) in [6, 6.07) is 11.9. The Hall–Kier alpha value is -2.90. The summed E-state index contributed by atoms with van der Waals surface area (Å²) in [5.41, 5.74) is 1.05. The Bertz CT molecular complexity index is 1140. The van der Waals surface area contributed by atoms with Gasteiger partial charge in [0.15, 0.2) is 0 Å². The van der Waals surface area contributed by atoms with Crippen molar-refractivity contribution in [2.75, 3.05) is 31.5 Å². The van der Waals surface area contributed by atoms with Gasteiger partial charge in [-0.25, -0.2) is 0 Å². The molecule has 172 valence electrons. The highest BCUT2D eigenvalue weighted by atomic mass is 32.1. The van der Waals surface area contributed by atoms with Gasteiger partial charge in [-0.3, -0.25) is 9.59 Å². The normalized spacial score (nSPS) is 18.2. The number of hydrogen-bond donors (Lipinski definition) is 1. The van der Waals surface area contributed by atoms with Crippen molar-refractivity contribution in [2.45, 2.75) is 38.1 Å². The molecule has 1 N–H and O–H groups in total. The highest BCUT2D eigenvalue weighted by Gasteiger charge is 2.31. The van der Waals surface area contributed by atoms with E-state index < -0.39 is 0 Å². The fourth-order valence-electron chi connectivity index (χ4n) is 4.89. The maximum atomic E-state index is 13.5. The van der Waals surface area contributed by atoms with Crippen LogP contribution in [0.4, 0.5) is 5.69 Å². The van der Waals surface area contributed by atoms with Gasteiger partial charge < -0.3 is 19.5 Å². The standard InChI is InChI=1S/C26H29N3O3S/c30-23(11-10-20-7-6-18-33-20)27-24-21-8-2-3-9-22(21)32-25(24)26(31)29-16-12-19(13-17-29)28-14-4-1-5-15-28/h2-3,6-11,18-19H,1,4-5,12-17H2,(H,27,30). The number of fused-ring (bicyclic) bond motifs is 1. The molecule has 0 bridgehead atoms. The fourth-order valence-corrected chi connectivity index (χ4v) is 5.51. The third-order valence-electron chi connectivity index (χ3n) is 6.64. The van der Waals surface area contributed by atoms with Crippen LogP contribution in [0.3, 0.4) is 0 Å². The van der Waals surface area contributed by atoms with Crippen LogP contribution in [0.1, 0.15) is 47.5 Å². The number of thiophene rings is 1. The molecular weight excluding hydrogens is 434 g/mol. The lowest BCUT2D eigenvalue weighted by Gasteiger charge is -2.40. The number of nitrogens with one attached hydrogen (secondary N) is 1. The summed E-state index contributed by atoms with van der Waals surface area (Å²) in [4.78, 5) is 31.6. The van der Waals surface area contributed by atoms with Gasteiger partial charge in [0.25, 0.3) is 5.91 Å². The summed E-state index contributed by atoms with van der Waals surface area (Å²) in [5.74, 6) is -0.223. The van der Waals surface area contributed by atoms with Crippen molar-refractivity contribution in [2.24, 2.45) is 0 Å². The number of benzene rings is 1. The van der Waals surface area contributed by atoms with Crippen molar-refractivity contribution in [3.8, 4) is 0 Å². The summed E-state index contributed by atoms with van der Waals surface area (Å²) in [6.45, 7) is 3.78. The number of carbonyl (C=O) groups excluding carboxylic acids is 2. The molecule has 0 aliphatic carbocycles. The quantitative estimate of drug-likeness (QED) is 0.526. The molecule has 2 saturated heterocycles. The van der Waals surface area contributed by atoms with Crippen LogP contribution in [0.25, 0.3) is 17.0 Å². The van der Waals surface area contributed by atoms with Crippen LogP contribution in [0.5, 0.6) is 0 Å². The van der Waals surface area contributed by atoms with Gasteiger partial charge in [0.05, 0.1) is 0 Å². The summed E-state index contributed by atoms with van der Waals surface area (Å²) >= 11 is 1.56. The Balaban J connectivity index is 1.32. The highest BCUT2D eigenvalue weighted by Crippen LogP contribution is 2.33. The predicted octanol–water partition coefficient (Wildman–Crippen LogP) is 5.24. The molecule has 2 aliphatic rings. The first kappa shape index (κ1) is 21.9. The molecule has 2 amide bonds. The third kappa shape index (κ3) is 4.89. The van der Waals surface area contributed by atoms with E-state index in [9.17, 15) is 9.59 Å². The number of likely N-dealkylation sites (tertiary alicyclic amines) is 2. The largest absolute Gasteiger partial charge is 0.449 e. The maximum Gasteiger partial charge on any atom is 0.291 e. The van der Waals surface area contributed by atoms with E-state index in [4.69, 9.17) is 4.42 Å². The van der Waals surface area contributed by atoms with Gasteiger partial charge in [0.2, 0.25) is 11.7 Å². The van der Waals surface area contributed by atoms with E-state index in [1.807, 2.05) is 46.7 Å². The molecule has 2 fully saturated rings. The van der Waals surface area contributed by atoms with Gasteiger partial charge in [-0.1, -0.05) is 24.6 Å². The van der Waals surface area contributed by atoms with Gasteiger partial charge in [0, 0.05) is 35.5 Å². The lowest BCUT2D eigenvalue weighted by Crippen LogP contribution is -2.48. The Labute approximate surface area is 197 Å². The van der Waals surface area contributed by atoms with Gasteiger partial charge in [-0.05, 0) is 68.4 Å². The van der Waals surface area contributed by atoms with Gasteiger partial charge in [-0.15, -0.1) is 11.3 Å². The number of rotatable bonds is 5. The first-order valence-electron chi connectivity index (χ1n) is 11.8. The molecule has 0 saturated carbocycles. The first-order chi connectivity index (χ1) is 16.2. The minimum absolute atomic E-state index is 0.152. The van der Waals surface area contributed by atoms with Crippen LogP contribution < -0.4 is 5.32 Å². The molecule has 4 heterocycles. The van der Waals surface area contributed by atoms with E-state index in [-0.39, 0.29) is 17.6 Å². The summed E-state index contributed by atoms with van der Waals surface area (Å²) in [7, 11) is 0. The zero-order chi connectivity index (χ0) is 22.6. The van der Waals surface area contributed by atoms with Crippen LogP contribution in [-0.2, 0) is 4.79 Å². The van der Waals surface area contributed by atoms with E-state index in [1.165, 1.54) is 38.4 Å². The number of furan rings is 1. The van der Waals surface area contributed by atoms with Crippen molar-refractivity contribution in [3.63, 3.8) is 0 Å². The van der Waals surface area contributed by atoms with Crippen molar-refractivity contribution in [3.05, 3.63) is 58.5 Å². The van der Waals surface area contributed by atoms with Crippen LogP contribution in [0, 0.1) is 0 Å². The summed E-state index contributed by atoms with van der Waals surface area (Å²) in [6.07, 6.45) is 9.12. The minimum Gasteiger partial charge on any atom is -0.449 e. The first-order valence-corrected chi connectivity index (χ1v) is 12.6. The van der Waals surface area contributed by atoms with E-state index in [2.05, 4.69) is 10.2 Å². The van der Waals surface area contributed by atoms with E-state index >= 15 is 0 Å². The lowest BCUT2D eigenvalue weighted by molar-refractivity contribution is -0.111. The second-order valence-electron chi connectivity index (χ2n) is 8.76. The Morgan fingerprint density at radius 2 is 1.79 bits per heavy atom. The van der Waals surface area contributed by atoms with Gasteiger partial charge >= 0.3 is 0 Å². The molecule has 0 unspecified atom stereocenters. The zero-order valence-corrected chi connectivity index (χ0v) is 19.5. The fraction of sp³-hybridized carbons (Fsp3) is 0.385. The number of piperidine rings is 2. The lowest BCUT2D eigenvalue weighted by atomic mass is 9.99. The number of para-hydroxylation sites is 1. The molecule has 5 rings (SSSR count). The van der Waals surface area contributed by atoms with E-state index in [1.54, 1.807) is 17.4 Å². The van der Waals surface area contributed by atoms with Crippen molar-refractivity contribution in [1.82, 2.24) is 9.80 Å². The molecular formula is C26H29N3O3S. The number of nitrogens with zero attached hydrogens (tertiary/aromatic N) is 2. The molecule has 0 radical (unpaired) electrons. The minimum atomic E-state index is -0.284. The Morgan fingerprint density at radius 3 is 2.55 bits per heavy atom. The average Bonchev–Trinajstić information content (AvgIpc) is 3.51. The molecule has 3 aromatic rings. The molecule has 6 nitrogen and oxygen atoms in total. The van der Waals surface area contributed by atoms with Crippen LogP contribution >= 0.6 is 11.3 Å². The van der Waals surface area contributed by atoms with Crippen molar-refractivity contribution >= 4 is 45.9 Å². The number of hydrogen-bond acceptors (Lipinski definition) is 5. The number of carbonyl (C=O) groups is 2. The maximum absolute atomic E-state index is 13.5. The number of anilines is 1. The molecule has 1 aromatic carbocycles. The predicted molar refractivity (Wildman–Crippen MR) is 133 cm³/mol. The van der Waals surface area contributed by atoms with Gasteiger partial charge in [0.1, 0.15) is 11.3 Å². The monoisotopic (exact) mass is 463 g/mol. The summed E-state index contributed by atoms with van der Waals surface area (Å²) < 4.78 is 5.97. The molecule has 0 atom stereocenters. The molecule has 0 spiro atoms. The number of amides is 2. The molecule has 2 aromatic heterocycles. The topological polar surface area (TPSA) is 65.8 Å². The van der Waals surface area contributed by atoms with Crippen molar-refractivity contribution < 1.29 is 14.0 Å². The Kier molecular flexibility index (Phi) is 6.60. The van der Waals surface area contributed by atoms with Crippen LogP contribution in [0.15, 0.2) is 52.3 Å². The SMILES string of the molecule is O=C(C=Cc1cccs1)Nc1c(C(=O)N2CCC(N3CCCCC3)CC2)oc2ccccc12. The smallest absolute Gasteiger partial charge is 0.291 e. The van der Waals surface area contributed by atoms with Crippen LogP contribution in [-0.4, -0.2) is 53.8 Å². The highest BCUT2D eigenvalue weighted by molar-refractivity contribution is 7.10. The summed E-state index contributed by atoms with van der Waals surface area (Å²) in [5, 5.41) is 5.61. The van der Waals surface area contributed by atoms with E-state index in [0.29, 0.717) is 30.4 Å². The molecule has 2 aliphatic heterocycles. The second kappa shape index (κ2) is 9.93. The van der Waals surface area contributed by atoms with Crippen molar-refractivity contribution in [1.29, 1.82) is 0 Å². The second-order valence-corrected chi connectivity index (χ2v) is 9.74. The molecule has 7 heteroatoms.